The molecule has 27 heavy (non-hydrogen) atoms. The number of nitrogens with zero attached hydrogens (tertiary/aromatic N) is 3. The normalized spacial score (nSPS) is 23.7. The number of aromatic nitrogens is 2. The van der Waals surface area contributed by atoms with Crippen LogP contribution in [0.2, 0.25) is 0 Å². The number of rotatable bonds is 7. The Morgan fingerprint density at radius 1 is 1.33 bits per heavy atom. The smallest absolute Gasteiger partial charge is 0.225 e. The van der Waals surface area contributed by atoms with Crippen LogP contribution in [-0.2, 0) is 16.0 Å². The van der Waals surface area contributed by atoms with Crippen LogP contribution >= 0.6 is 11.5 Å². The number of hydrogen-bond acceptors (Lipinski definition) is 7. The molecular formula is C19H30N4O3S. The molecule has 7 nitrogen and oxygen atoms in total. The highest BCUT2D eigenvalue weighted by atomic mass is 32.1. The lowest BCUT2D eigenvalue weighted by Gasteiger charge is -2.54. The van der Waals surface area contributed by atoms with Gasteiger partial charge in [-0.3, -0.25) is 4.79 Å². The van der Waals surface area contributed by atoms with E-state index < -0.39 is 5.60 Å². The van der Waals surface area contributed by atoms with Crippen molar-refractivity contribution in [2.45, 2.75) is 57.0 Å². The van der Waals surface area contributed by atoms with E-state index in [9.17, 15) is 9.90 Å². The van der Waals surface area contributed by atoms with Crippen LogP contribution in [0.3, 0.4) is 0 Å². The standard InChI is InChI=1S/C19H30N4O3S/c1-26-10-3-15-21-17(27-22-15)20-13-19(25)6-8-23(9-7-19)16(24)14-11-18(12-14)4-2-5-18/h14,25H,2-13H2,1H3,(H,20,21,22). The molecule has 3 fully saturated rings. The van der Waals surface area contributed by atoms with Crippen molar-refractivity contribution in [2.75, 3.05) is 38.7 Å². The lowest BCUT2D eigenvalue weighted by atomic mass is 9.51. The molecule has 1 amide bonds. The molecule has 0 radical (unpaired) electrons. The van der Waals surface area contributed by atoms with Gasteiger partial charge in [0, 0.05) is 50.6 Å². The number of ether oxygens (including phenoxy) is 1. The van der Waals surface area contributed by atoms with Gasteiger partial charge in [-0.05, 0) is 43.9 Å². The van der Waals surface area contributed by atoms with Crippen LogP contribution in [0.5, 0.6) is 0 Å². The van der Waals surface area contributed by atoms with Crippen molar-refractivity contribution in [3.05, 3.63) is 5.82 Å². The molecule has 1 aromatic rings. The fourth-order valence-corrected chi connectivity index (χ4v) is 5.29. The van der Waals surface area contributed by atoms with Crippen molar-refractivity contribution in [1.82, 2.24) is 14.3 Å². The monoisotopic (exact) mass is 394 g/mol. The summed E-state index contributed by atoms with van der Waals surface area (Å²) >= 11 is 1.31. The maximum Gasteiger partial charge on any atom is 0.225 e. The number of likely N-dealkylation sites (tertiary alicyclic amines) is 1. The van der Waals surface area contributed by atoms with Crippen molar-refractivity contribution in [3.63, 3.8) is 0 Å². The van der Waals surface area contributed by atoms with E-state index in [0.29, 0.717) is 56.8 Å². The Kier molecular flexibility index (Phi) is 5.40. The Bertz CT molecular complexity index is 660. The van der Waals surface area contributed by atoms with Gasteiger partial charge in [0.2, 0.25) is 11.0 Å². The minimum Gasteiger partial charge on any atom is -0.388 e. The minimum absolute atomic E-state index is 0.238. The number of nitrogens with one attached hydrogen (secondary N) is 1. The van der Waals surface area contributed by atoms with Gasteiger partial charge < -0.3 is 20.1 Å². The third-order valence-electron chi connectivity index (χ3n) is 6.69. The van der Waals surface area contributed by atoms with Gasteiger partial charge >= 0.3 is 0 Å². The van der Waals surface area contributed by atoms with E-state index in [2.05, 4.69) is 14.7 Å². The molecule has 1 spiro atoms. The molecule has 2 aliphatic carbocycles. The minimum atomic E-state index is -0.788. The number of amides is 1. The summed E-state index contributed by atoms with van der Waals surface area (Å²) in [5, 5.41) is 14.8. The van der Waals surface area contributed by atoms with E-state index in [-0.39, 0.29) is 5.92 Å². The van der Waals surface area contributed by atoms with Crippen LogP contribution in [0.15, 0.2) is 0 Å². The topological polar surface area (TPSA) is 87.6 Å². The molecule has 2 heterocycles. The van der Waals surface area contributed by atoms with Crippen LogP contribution < -0.4 is 5.32 Å². The Labute approximate surface area is 164 Å². The van der Waals surface area contributed by atoms with Gasteiger partial charge in [0.15, 0.2) is 0 Å². The van der Waals surface area contributed by atoms with Gasteiger partial charge in [0.1, 0.15) is 5.82 Å². The summed E-state index contributed by atoms with van der Waals surface area (Å²) in [6.07, 6.45) is 8.08. The number of methoxy groups -OCH3 is 1. The first-order valence-electron chi connectivity index (χ1n) is 10.1. The number of hydrogen-bond donors (Lipinski definition) is 2. The summed E-state index contributed by atoms with van der Waals surface area (Å²) in [5.74, 6) is 1.32. The van der Waals surface area contributed by atoms with Crippen molar-refractivity contribution in [2.24, 2.45) is 11.3 Å². The average molecular weight is 395 g/mol. The molecule has 8 heteroatoms. The Morgan fingerprint density at radius 2 is 2.07 bits per heavy atom. The van der Waals surface area contributed by atoms with Gasteiger partial charge in [-0.1, -0.05) is 6.42 Å². The summed E-state index contributed by atoms with van der Waals surface area (Å²) in [4.78, 5) is 19.1. The van der Waals surface area contributed by atoms with E-state index in [1.54, 1.807) is 7.11 Å². The zero-order valence-electron chi connectivity index (χ0n) is 16.1. The molecule has 0 aromatic carbocycles. The molecule has 4 rings (SSSR count). The number of aliphatic hydroxyl groups is 1. The molecule has 2 saturated carbocycles. The van der Waals surface area contributed by atoms with Crippen LogP contribution in [0.4, 0.5) is 5.13 Å². The van der Waals surface area contributed by atoms with Gasteiger partial charge in [-0.25, -0.2) is 4.98 Å². The van der Waals surface area contributed by atoms with Crippen molar-refractivity contribution >= 4 is 22.6 Å². The van der Waals surface area contributed by atoms with E-state index >= 15 is 0 Å². The molecule has 3 aliphatic rings. The summed E-state index contributed by atoms with van der Waals surface area (Å²) in [7, 11) is 1.66. The number of piperidine rings is 1. The quantitative estimate of drug-likeness (QED) is 0.736. The maximum absolute atomic E-state index is 12.7. The van der Waals surface area contributed by atoms with Crippen molar-refractivity contribution in [3.8, 4) is 0 Å². The van der Waals surface area contributed by atoms with E-state index in [1.165, 1.54) is 30.8 Å². The van der Waals surface area contributed by atoms with Gasteiger partial charge in [0.25, 0.3) is 0 Å². The first kappa shape index (κ1) is 19.1. The Balaban J connectivity index is 1.21. The second-order valence-corrected chi connectivity index (χ2v) is 9.37. The molecule has 150 valence electrons. The maximum atomic E-state index is 12.7. The Morgan fingerprint density at radius 3 is 2.70 bits per heavy atom. The number of carbonyl (C=O) groups excluding carboxylic acids is 1. The molecule has 2 N–H and O–H groups in total. The van der Waals surface area contributed by atoms with Crippen molar-refractivity contribution in [1.29, 1.82) is 0 Å². The molecule has 0 bridgehead atoms. The molecule has 1 aromatic heterocycles. The van der Waals surface area contributed by atoms with Crippen LogP contribution in [0, 0.1) is 11.3 Å². The first-order chi connectivity index (χ1) is 13.0. The predicted octanol–water partition coefficient (Wildman–Crippen LogP) is 2.07. The number of carbonyl (C=O) groups is 1. The zero-order valence-corrected chi connectivity index (χ0v) is 16.9. The second-order valence-electron chi connectivity index (χ2n) is 8.62. The molecule has 1 saturated heterocycles. The zero-order chi connectivity index (χ0) is 18.9. The predicted molar refractivity (Wildman–Crippen MR) is 104 cm³/mol. The summed E-state index contributed by atoms with van der Waals surface area (Å²) in [6, 6.07) is 0. The largest absolute Gasteiger partial charge is 0.388 e. The molecule has 0 unspecified atom stereocenters. The fourth-order valence-electron chi connectivity index (χ4n) is 4.68. The van der Waals surface area contributed by atoms with Gasteiger partial charge in [-0.2, -0.15) is 4.37 Å². The lowest BCUT2D eigenvalue weighted by Crippen LogP contribution is -2.54. The van der Waals surface area contributed by atoms with Gasteiger partial charge in [0.05, 0.1) is 12.2 Å². The summed E-state index contributed by atoms with van der Waals surface area (Å²) in [5.41, 5.74) is -0.255. The third kappa shape index (κ3) is 4.12. The fraction of sp³-hybridized carbons (Fsp3) is 0.842. The van der Waals surface area contributed by atoms with Crippen LogP contribution in [-0.4, -0.2) is 64.2 Å². The molecular weight excluding hydrogens is 364 g/mol. The van der Waals surface area contributed by atoms with Gasteiger partial charge in [-0.15, -0.1) is 0 Å². The highest BCUT2D eigenvalue weighted by Gasteiger charge is 2.51. The van der Waals surface area contributed by atoms with E-state index in [0.717, 1.165) is 23.8 Å². The van der Waals surface area contributed by atoms with Crippen LogP contribution in [0.1, 0.15) is 50.8 Å². The summed E-state index contributed by atoms with van der Waals surface area (Å²) in [6.45, 7) is 2.35. The first-order valence-corrected chi connectivity index (χ1v) is 10.8. The number of anilines is 1. The molecule has 0 atom stereocenters. The van der Waals surface area contributed by atoms with E-state index in [1.807, 2.05) is 4.90 Å². The highest BCUT2D eigenvalue weighted by Crippen LogP contribution is 2.59. The van der Waals surface area contributed by atoms with Crippen LogP contribution in [0.25, 0.3) is 0 Å². The van der Waals surface area contributed by atoms with Crippen molar-refractivity contribution < 1.29 is 14.6 Å². The summed E-state index contributed by atoms with van der Waals surface area (Å²) < 4.78 is 9.33. The third-order valence-corrected chi connectivity index (χ3v) is 7.41. The SMILES string of the molecule is COCCc1nsc(NCC2(O)CCN(C(=O)C3CC4(CCC4)C3)CC2)n1. The average Bonchev–Trinajstić information content (AvgIpc) is 3.04. The highest BCUT2D eigenvalue weighted by molar-refractivity contribution is 7.09. The second kappa shape index (κ2) is 7.64. The molecule has 1 aliphatic heterocycles. The Hall–Kier alpha value is -1.25. The lowest BCUT2D eigenvalue weighted by molar-refractivity contribution is -0.151. The van der Waals surface area contributed by atoms with E-state index in [4.69, 9.17) is 4.74 Å².